The Morgan fingerprint density at radius 2 is 1.67 bits per heavy atom. The van der Waals surface area contributed by atoms with Gasteiger partial charge in [-0.15, -0.1) is 11.6 Å². The second-order valence-electron chi connectivity index (χ2n) is 4.53. The number of hydrogen-bond donors (Lipinski definition) is 0. The van der Waals surface area contributed by atoms with Crippen LogP contribution in [0.2, 0.25) is 5.02 Å². The van der Waals surface area contributed by atoms with E-state index in [1.54, 1.807) is 14.2 Å². The van der Waals surface area contributed by atoms with Crippen LogP contribution >= 0.6 is 39.1 Å². The lowest BCUT2D eigenvalue weighted by Crippen LogP contribution is -2.00. The van der Waals surface area contributed by atoms with Crippen LogP contribution < -0.4 is 9.47 Å². The average Bonchev–Trinajstić information content (AvgIpc) is 2.49. The van der Waals surface area contributed by atoms with E-state index in [9.17, 15) is 0 Å². The summed E-state index contributed by atoms with van der Waals surface area (Å²) in [7, 11) is 3.25. The van der Waals surface area contributed by atoms with E-state index in [0.717, 1.165) is 27.1 Å². The van der Waals surface area contributed by atoms with Gasteiger partial charge in [-0.1, -0.05) is 23.7 Å². The summed E-state index contributed by atoms with van der Waals surface area (Å²) in [6.07, 6.45) is 0.680. The molecule has 0 aromatic heterocycles. The molecule has 0 aliphatic heterocycles. The SMILES string of the molecule is COc1cc(C(Cl)Cc2ccc(Cl)cc2)c(OC)cc1Br. The van der Waals surface area contributed by atoms with Gasteiger partial charge in [-0.2, -0.15) is 0 Å². The topological polar surface area (TPSA) is 18.5 Å². The zero-order chi connectivity index (χ0) is 15.4. The van der Waals surface area contributed by atoms with Crippen LogP contribution in [0.4, 0.5) is 0 Å². The van der Waals surface area contributed by atoms with Crippen molar-refractivity contribution in [3.05, 3.63) is 57.0 Å². The molecule has 2 aromatic rings. The molecular weight excluding hydrogens is 375 g/mol. The number of ether oxygens (including phenoxy) is 2. The lowest BCUT2D eigenvalue weighted by Gasteiger charge is -2.16. The smallest absolute Gasteiger partial charge is 0.133 e. The second-order valence-corrected chi connectivity index (χ2v) is 6.34. The summed E-state index contributed by atoms with van der Waals surface area (Å²) in [5, 5.41) is 0.496. The Morgan fingerprint density at radius 3 is 2.24 bits per heavy atom. The molecule has 0 fully saturated rings. The van der Waals surface area contributed by atoms with Gasteiger partial charge in [0.1, 0.15) is 11.5 Å². The molecule has 0 bridgehead atoms. The molecule has 0 aliphatic rings. The molecule has 0 spiro atoms. The molecule has 1 unspecified atom stereocenters. The van der Waals surface area contributed by atoms with E-state index in [4.69, 9.17) is 32.7 Å². The van der Waals surface area contributed by atoms with E-state index in [1.165, 1.54) is 0 Å². The van der Waals surface area contributed by atoms with E-state index in [1.807, 2.05) is 36.4 Å². The van der Waals surface area contributed by atoms with Crippen molar-refractivity contribution in [2.75, 3.05) is 14.2 Å². The number of hydrogen-bond acceptors (Lipinski definition) is 2. The predicted octanol–water partition coefficient (Wildman–Crippen LogP) is 5.64. The average molecular weight is 390 g/mol. The molecule has 0 saturated carbocycles. The van der Waals surface area contributed by atoms with Crippen molar-refractivity contribution in [3.63, 3.8) is 0 Å². The van der Waals surface area contributed by atoms with Gasteiger partial charge in [0.05, 0.1) is 24.1 Å². The molecule has 0 aliphatic carbocycles. The molecule has 2 aromatic carbocycles. The van der Waals surface area contributed by atoms with Crippen LogP contribution in [-0.2, 0) is 6.42 Å². The van der Waals surface area contributed by atoms with Crippen molar-refractivity contribution >= 4 is 39.1 Å². The highest BCUT2D eigenvalue weighted by molar-refractivity contribution is 9.10. The fraction of sp³-hybridized carbons (Fsp3) is 0.250. The van der Waals surface area contributed by atoms with Crippen molar-refractivity contribution in [1.29, 1.82) is 0 Å². The third-order valence-corrected chi connectivity index (χ3v) is 4.43. The predicted molar refractivity (Wildman–Crippen MR) is 91.0 cm³/mol. The maximum Gasteiger partial charge on any atom is 0.133 e. The minimum Gasteiger partial charge on any atom is -0.496 e. The Balaban J connectivity index is 2.29. The lowest BCUT2D eigenvalue weighted by molar-refractivity contribution is 0.396. The van der Waals surface area contributed by atoms with Gasteiger partial charge in [0.25, 0.3) is 0 Å². The van der Waals surface area contributed by atoms with E-state index in [0.29, 0.717) is 11.4 Å². The first kappa shape index (κ1) is 16.5. The molecule has 1 atom stereocenters. The van der Waals surface area contributed by atoms with Gasteiger partial charge < -0.3 is 9.47 Å². The molecule has 112 valence electrons. The van der Waals surface area contributed by atoms with Gasteiger partial charge >= 0.3 is 0 Å². The van der Waals surface area contributed by atoms with Gasteiger partial charge in [0, 0.05) is 10.6 Å². The summed E-state index contributed by atoms with van der Waals surface area (Å²) in [6.45, 7) is 0. The lowest BCUT2D eigenvalue weighted by atomic mass is 10.0. The molecule has 2 rings (SSSR count). The Hall–Kier alpha value is -0.900. The second kappa shape index (κ2) is 7.39. The van der Waals surface area contributed by atoms with Crippen LogP contribution in [0.5, 0.6) is 11.5 Å². The maximum absolute atomic E-state index is 6.56. The molecule has 2 nitrogen and oxygen atoms in total. The third kappa shape index (κ3) is 4.06. The van der Waals surface area contributed by atoms with Gasteiger partial charge in [-0.3, -0.25) is 0 Å². The summed E-state index contributed by atoms with van der Waals surface area (Å²) >= 11 is 15.9. The van der Waals surface area contributed by atoms with Crippen molar-refractivity contribution in [2.24, 2.45) is 0 Å². The zero-order valence-corrected chi connectivity index (χ0v) is 14.8. The van der Waals surface area contributed by atoms with Crippen molar-refractivity contribution in [3.8, 4) is 11.5 Å². The minimum absolute atomic E-state index is 0.219. The fourth-order valence-corrected chi connectivity index (χ4v) is 3.03. The maximum atomic E-state index is 6.56. The standard InChI is InChI=1S/C16H15BrCl2O2/c1-20-15-9-13(17)16(21-2)8-12(15)14(19)7-10-3-5-11(18)6-4-10/h3-6,8-9,14H,7H2,1-2H3. The minimum atomic E-state index is -0.219. The molecule has 0 saturated heterocycles. The van der Waals surface area contributed by atoms with Crippen molar-refractivity contribution < 1.29 is 9.47 Å². The molecule has 0 radical (unpaired) electrons. The van der Waals surface area contributed by atoms with Gasteiger partial charge in [0.15, 0.2) is 0 Å². The Kier molecular flexibility index (Phi) is 5.80. The van der Waals surface area contributed by atoms with Crippen molar-refractivity contribution in [2.45, 2.75) is 11.8 Å². The zero-order valence-electron chi connectivity index (χ0n) is 11.7. The van der Waals surface area contributed by atoms with E-state index in [2.05, 4.69) is 15.9 Å². The highest BCUT2D eigenvalue weighted by atomic mass is 79.9. The summed E-state index contributed by atoms with van der Waals surface area (Å²) in [6, 6.07) is 11.4. The molecule has 0 heterocycles. The monoisotopic (exact) mass is 388 g/mol. The molecule has 0 amide bonds. The Labute approximate surface area is 143 Å². The Morgan fingerprint density at radius 1 is 1.05 bits per heavy atom. The fourth-order valence-electron chi connectivity index (χ4n) is 2.07. The largest absolute Gasteiger partial charge is 0.496 e. The van der Waals surface area contributed by atoms with Crippen LogP contribution in [-0.4, -0.2) is 14.2 Å². The molecule has 5 heteroatoms. The first-order chi connectivity index (χ1) is 10.0. The van der Waals surface area contributed by atoms with E-state index < -0.39 is 0 Å². The van der Waals surface area contributed by atoms with Crippen LogP contribution in [0.3, 0.4) is 0 Å². The normalized spacial score (nSPS) is 12.0. The summed E-state index contributed by atoms with van der Waals surface area (Å²) in [5.41, 5.74) is 2.01. The van der Waals surface area contributed by atoms with Gasteiger partial charge in [-0.25, -0.2) is 0 Å². The summed E-state index contributed by atoms with van der Waals surface area (Å²) < 4.78 is 11.6. The van der Waals surface area contributed by atoms with E-state index in [-0.39, 0.29) is 5.38 Å². The molecule has 21 heavy (non-hydrogen) atoms. The highest BCUT2D eigenvalue weighted by Crippen LogP contribution is 2.39. The number of methoxy groups -OCH3 is 2. The first-order valence-corrected chi connectivity index (χ1v) is 7.95. The van der Waals surface area contributed by atoms with Gasteiger partial charge in [0.2, 0.25) is 0 Å². The number of halogens is 3. The first-order valence-electron chi connectivity index (χ1n) is 6.35. The number of benzene rings is 2. The summed E-state index contributed by atoms with van der Waals surface area (Å²) in [4.78, 5) is 0. The van der Waals surface area contributed by atoms with Crippen LogP contribution in [0, 0.1) is 0 Å². The van der Waals surface area contributed by atoms with Crippen LogP contribution in [0.25, 0.3) is 0 Å². The molecule has 0 N–H and O–H groups in total. The molecular formula is C16H15BrCl2O2. The van der Waals surface area contributed by atoms with Crippen molar-refractivity contribution in [1.82, 2.24) is 0 Å². The third-order valence-electron chi connectivity index (χ3n) is 3.17. The quantitative estimate of drug-likeness (QED) is 0.615. The van der Waals surface area contributed by atoms with Crippen LogP contribution in [0.15, 0.2) is 40.9 Å². The highest BCUT2D eigenvalue weighted by Gasteiger charge is 2.17. The van der Waals surface area contributed by atoms with Crippen LogP contribution in [0.1, 0.15) is 16.5 Å². The number of alkyl halides is 1. The Bertz CT molecular complexity index is 614. The summed E-state index contributed by atoms with van der Waals surface area (Å²) in [5.74, 6) is 1.46. The van der Waals surface area contributed by atoms with Gasteiger partial charge in [-0.05, 0) is 52.2 Å². The van der Waals surface area contributed by atoms with E-state index >= 15 is 0 Å². The number of rotatable bonds is 5.